The van der Waals surface area contributed by atoms with Crippen molar-refractivity contribution in [3.63, 3.8) is 0 Å². The smallest absolute Gasteiger partial charge is 0.0462 e. The molecule has 0 heterocycles. The summed E-state index contributed by atoms with van der Waals surface area (Å²) in [5, 5.41) is 0. The molecule has 0 aliphatic rings. The molecular weight excluding hydrogens is 276 g/mol. The maximum absolute atomic E-state index is 7.50. The predicted molar refractivity (Wildman–Crippen MR) is 102 cm³/mol. The van der Waals surface area contributed by atoms with Crippen LogP contribution in [0.15, 0.2) is 24.3 Å². The zero-order chi connectivity index (χ0) is 16.8. The maximum atomic E-state index is 7.50. The molecule has 0 nitrogen and oxygen atoms in total. The van der Waals surface area contributed by atoms with Crippen molar-refractivity contribution in [1.29, 1.82) is 0 Å². The number of aryl methyl sites for hydroxylation is 1. The second-order valence-corrected chi connectivity index (χ2v) is 6.81. The lowest BCUT2D eigenvalue weighted by Gasteiger charge is -2.11. The van der Waals surface area contributed by atoms with Gasteiger partial charge in [0.25, 0.3) is 0 Å². The van der Waals surface area contributed by atoms with Gasteiger partial charge in [-0.1, -0.05) is 102 Å². The molecule has 0 N–H and O–H groups in total. The SMILES string of the molecule is [C]#CC(CCCC)c1ccc(CCCCCCCCCC)cc1. The highest BCUT2D eigenvalue weighted by molar-refractivity contribution is 5.29. The molecule has 0 saturated carbocycles. The fourth-order valence-corrected chi connectivity index (χ4v) is 3.11. The predicted octanol–water partition coefficient (Wildman–Crippen LogP) is 7.23. The molecule has 0 aromatic heterocycles. The molecular formula is C23H35. The van der Waals surface area contributed by atoms with Crippen molar-refractivity contribution in [3.8, 4) is 5.92 Å². The number of hydrogen-bond acceptors (Lipinski definition) is 0. The molecule has 1 aromatic rings. The molecule has 1 rings (SSSR count). The third-order valence-corrected chi connectivity index (χ3v) is 4.72. The van der Waals surface area contributed by atoms with Gasteiger partial charge < -0.3 is 0 Å². The molecule has 1 aromatic carbocycles. The number of rotatable bonds is 13. The summed E-state index contributed by atoms with van der Waals surface area (Å²) in [7, 11) is 0. The summed E-state index contributed by atoms with van der Waals surface area (Å²) in [6.07, 6.45) is 23.2. The van der Waals surface area contributed by atoms with Crippen LogP contribution in [0.2, 0.25) is 0 Å². The van der Waals surface area contributed by atoms with Crippen molar-refractivity contribution in [2.75, 3.05) is 0 Å². The van der Waals surface area contributed by atoms with E-state index in [4.69, 9.17) is 6.42 Å². The quantitative estimate of drug-likeness (QED) is 0.266. The van der Waals surface area contributed by atoms with Crippen molar-refractivity contribution in [3.05, 3.63) is 41.8 Å². The lowest BCUT2D eigenvalue weighted by Crippen LogP contribution is -1.96. The third kappa shape index (κ3) is 8.85. The van der Waals surface area contributed by atoms with E-state index >= 15 is 0 Å². The number of hydrogen-bond donors (Lipinski definition) is 0. The highest BCUT2D eigenvalue weighted by atomic mass is 14.1. The van der Waals surface area contributed by atoms with Gasteiger partial charge in [-0.05, 0) is 36.8 Å². The first kappa shape index (κ1) is 19.8. The molecule has 0 amide bonds. The summed E-state index contributed by atoms with van der Waals surface area (Å²) in [6.45, 7) is 4.48. The topological polar surface area (TPSA) is 0 Å². The molecule has 0 aliphatic heterocycles. The Bertz CT molecular complexity index is 420. The lowest BCUT2D eigenvalue weighted by atomic mass is 9.93. The van der Waals surface area contributed by atoms with Gasteiger partial charge in [-0.25, -0.2) is 0 Å². The van der Waals surface area contributed by atoms with Gasteiger partial charge in [0.05, 0.1) is 0 Å². The summed E-state index contributed by atoms with van der Waals surface area (Å²) in [6, 6.07) is 8.93. The summed E-state index contributed by atoms with van der Waals surface area (Å²) >= 11 is 0. The van der Waals surface area contributed by atoms with Crippen molar-refractivity contribution in [2.45, 2.75) is 96.8 Å². The first-order chi connectivity index (χ1) is 11.3. The standard InChI is InChI=1S/C23H35/c1-4-7-9-10-11-12-13-14-15-21-17-19-23(20-18-21)22(6-3)16-8-5-2/h17-20,22H,4-5,7-16H2,1-2H3. The number of benzene rings is 1. The first-order valence-electron chi connectivity index (χ1n) is 9.82. The Kier molecular flexibility index (Phi) is 11.4. The summed E-state index contributed by atoms with van der Waals surface area (Å²) < 4.78 is 0. The molecule has 23 heavy (non-hydrogen) atoms. The Labute approximate surface area is 145 Å². The lowest BCUT2D eigenvalue weighted by molar-refractivity contribution is 0.575. The second kappa shape index (κ2) is 13.2. The molecule has 0 aliphatic carbocycles. The fraction of sp³-hybridized carbons (Fsp3) is 0.652. The van der Waals surface area contributed by atoms with Crippen LogP contribution in [-0.2, 0) is 6.42 Å². The van der Waals surface area contributed by atoms with Crippen molar-refractivity contribution in [1.82, 2.24) is 0 Å². The van der Waals surface area contributed by atoms with Crippen LogP contribution in [0.25, 0.3) is 0 Å². The van der Waals surface area contributed by atoms with Gasteiger partial charge in [-0.2, -0.15) is 0 Å². The molecule has 0 spiro atoms. The van der Waals surface area contributed by atoms with Crippen LogP contribution in [0.1, 0.15) is 102 Å². The van der Waals surface area contributed by atoms with Crippen LogP contribution in [0.5, 0.6) is 0 Å². The summed E-state index contributed by atoms with van der Waals surface area (Å²) in [4.78, 5) is 0. The second-order valence-electron chi connectivity index (χ2n) is 6.81. The Hall–Kier alpha value is -1.22. The van der Waals surface area contributed by atoms with Crippen molar-refractivity contribution in [2.24, 2.45) is 0 Å². The van der Waals surface area contributed by atoms with E-state index in [1.54, 1.807) is 0 Å². The third-order valence-electron chi connectivity index (χ3n) is 4.72. The minimum absolute atomic E-state index is 0.187. The summed E-state index contributed by atoms with van der Waals surface area (Å²) in [5.74, 6) is 2.89. The van der Waals surface area contributed by atoms with Crippen LogP contribution in [-0.4, -0.2) is 0 Å². The van der Waals surface area contributed by atoms with E-state index in [1.165, 1.54) is 81.8 Å². The fourth-order valence-electron chi connectivity index (χ4n) is 3.11. The minimum Gasteiger partial charge on any atom is -0.0809 e. The van der Waals surface area contributed by atoms with Crippen LogP contribution < -0.4 is 0 Å². The van der Waals surface area contributed by atoms with Crippen molar-refractivity contribution < 1.29 is 0 Å². The van der Waals surface area contributed by atoms with E-state index < -0.39 is 0 Å². The van der Waals surface area contributed by atoms with E-state index in [0.29, 0.717) is 0 Å². The van der Waals surface area contributed by atoms with Gasteiger partial charge in [0.1, 0.15) is 0 Å². The Morgan fingerprint density at radius 3 is 1.91 bits per heavy atom. The van der Waals surface area contributed by atoms with E-state index in [2.05, 4.69) is 44.0 Å². The molecule has 1 atom stereocenters. The zero-order valence-corrected chi connectivity index (χ0v) is 15.4. The van der Waals surface area contributed by atoms with Gasteiger partial charge in [-0.3, -0.25) is 0 Å². The van der Waals surface area contributed by atoms with Crippen LogP contribution in [0.4, 0.5) is 0 Å². The van der Waals surface area contributed by atoms with Crippen LogP contribution in [0, 0.1) is 12.3 Å². The molecule has 0 saturated heterocycles. The average Bonchev–Trinajstić information content (AvgIpc) is 2.59. The van der Waals surface area contributed by atoms with Crippen LogP contribution >= 0.6 is 0 Å². The van der Waals surface area contributed by atoms with E-state index in [9.17, 15) is 0 Å². The van der Waals surface area contributed by atoms with Gasteiger partial charge in [0.2, 0.25) is 0 Å². The van der Waals surface area contributed by atoms with Gasteiger partial charge in [0, 0.05) is 5.92 Å². The van der Waals surface area contributed by atoms with E-state index in [1.807, 2.05) is 0 Å². The maximum Gasteiger partial charge on any atom is 0.0462 e. The molecule has 0 bridgehead atoms. The molecule has 127 valence electrons. The highest BCUT2D eigenvalue weighted by Crippen LogP contribution is 2.22. The van der Waals surface area contributed by atoms with Gasteiger partial charge in [0.15, 0.2) is 0 Å². The Morgan fingerprint density at radius 1 is 0.783 bits per heavy atom. The Morgan fingerprint density at radius 2 is 1.35 bits per heavy atom. The first-order valence-corrected chi connectivity index (χ1v) is 9.82. The largest absolute Gasteiger partial charge is 0.0809 e. The molecule has 1 unspecified atom stereocenters. The minimum atomic E-state index is 0.187. The monoisotopic (exact) mass is 311 g/mol. The highest BCUT2D eigenvalue weighted by Gasteiger charge is 2.07. The normalized spacial score (nSPS) is 12.0. The van der Waals surface area contributed by atoms with E-state index in [-0.39, 0.29) is 5.92 Å². The number of unbranched alkanes of at least 4 members (excludes halogenated alkanes) is 8. The van der Waals surface area contributed by atoms with Crippen molar-refractivity contribution >= 4 is 0 Å². The zero-order valence-electron chi connectivity index (χ0n) is 15.4. The van der Waals surface area contributed by atoms with Gasteiger partial charge in [-0.15, -0.1) is 0 Å². The average molecular weight is 312 g/mol. The van der Waals surface area contributed by atoms with Gasteiger partial charge >= 0.3 is 0 Å². The molecule has 0 fully saturated rings. The summed E-state index contributed by atoms with van der Waals surface area (Å²) in [5.41, 5.74) is 2.70. The Balaban J connectivity index is 2.22. The molecule has 1 radical (unpaired) electrons. The molecule has 0 heteroatoms. The van der Waals surface area contributed by atoms with E-state index in [0.717, 1.165) is 6.42 Å². The van der Waals surface area contributed by atoms with Crippen LogP contribution in [0.3, 0.4) is 0 Å².